The van der Waals surface area contributed by atoms with Crippen molar-refractivity contribution in [2.24, 2.45) is 0 Å². The Morgan fingerprint density at radius 1 is 1.33 bits per heavy atom. The van der Waals surface area contributed by atoms with Gasteiger partial charge in [0.15, 0.2) is 0 Å². The highest BCUT2D eigenvalue weighted by atomic mass is 16.5. The second kappa shape index (κ2) is 4.94. The number of anilines is 1. The van der Waals surface area contributed by atoms with Crippen molar-refractivity contribution < 1.29 is 14.5 Å². The molecule has 0 fully saturated rings. The van der Waals surface area contributed by atoms with E-state index in [2.05, 4.69) is 15.3 Å². The maximum atomic E-state index is 12.0. The molecule has 0 saturated heterocycles. The van der Waals surface area contributed by atoms with Gasteiger partial charge >= 0.3 is 7.12 Å². The van der Waals surface area contributed by atoms with Crippen molar-refractivity contribution >= 4 is 24.2 Å². The van der Waals surface area contributed by atoms with Crippen LogP contribution in [0.4, 0.5) is 5.69 Å². The second-order valence-electron chi connectivity index (χ2n) is 5.36. The summed E-state index contributed by atoms with van der Waals surface area (Å²) in [5.74, 6) is -0.303. The molecular weight excluding hydrogens is 269 g/mol. The molecule has 2 heterocycles. The fourth-order valence-corrected chi connectivity index (χ4v) is 2.42. The Morgan fingerprint density at radius 3 is 2.76 bits per heavy atom. The summed E-state index contributed by atoms with van der Waals surface area (Å²) in [6, 6.07) is 5.35. The van der Waals surface area contributed by atoms with E-state index < -0.39 is 12.7 Å². The van der Waals surface area contributed by atoms with Crippen LogP contribution in [0.25, 0.3) is 0 Å². The zero-order valence-corrected chi connectivity index (χ0v) is 11.7. The number of carbonyl (C=O) groups is 1. The van der Waals surface area contributed by atoms with E-state index >= 15 is 0 Å². The van der Waals surface area contributed by atoms with Crippen molar-refractivity contribution in [2.75, 3.05) is 5.32 Å². The van der Waals surface area contributed by atoms with E-state index in [-0.39, 0.29) is 5.91 Å². The number of fused-ring (bicyclic) bond motifs is 1. The summed E-state index contributed by atoms with van der Waals surface area (Å²) in [5.41, 5.74) is 2.00. The second-order valence-corrected chi connectivity index (χ2v) is 5.36. The van der Waals surface area contributed by atoms with Crippen LogP contribution in [0.5, 0.6) is 0 Å². The largest absolute Gasteiger partial charge is 0.492 e. The quantitative estimate of drug-likeness (QED) is 0.792. The summed E-state index contributed by atoms with van der Waals surface area (Å²) < 4.78 is 5.49. The predicted molar refractivity (Wildman–Crippen MR) is 78.1 cm³/mol. The number of hydrogen-bond acceptors (Lipinski definition) is 5. The summed E-state index contributed by atoms with van der Waals surface area (Å²) in [6.07, 6.45) is 4.25. The van der Waals surface area contributed by atoms with Crippen LogP contribution < -0.4 is 10.8 Å². The van der Waals surface area contributed by atoms with Gasteiger partial charge in [-0.25, -0.2) is 9.97 Å². The molecule has 2 aromatic rings. The fourth-order valence-electron chi connectivity index (χ4n) is 2.42. The number of hydrogen-bond donors (Lipinski definition) is 2. The van der Waals surface area contributed by atoms with Gasteiger partial charge in [-0.1, -0.05) is 6.07 Å². The fraction of sp³-hybridized carbons (Fsp3) is 0.214. The first-order valence-corrected chi connectivity index (χ1v) is 6.54. The van der Waals surface area contributed by atoms with E-state index in [1.807, 2.05) is 19.9 Å². The minimum atomic E-state index is -0.980. The number of aromatic nitrogens is 2. The lowest BCUT2D eigenvalue weighted by Gasteiger charge is -2.19. The Hall–Kier alpha value is -2.25. The Kier molecular flexibility index (Phi) is 3.23. The van der Waals surface area contributed by atoms with Crippen LogP contribution in [-0.2, 0) is 10.3 Å². The molecule has 0 unspecified atom stereocenters. The molecule has 0 bridgehead atoms. The minimum Gasteiger partial charge on any atom is -0.423 e. The van der Waals surface area contributed by atoms with Crippen LogP contribution in [0.15, 0.2) is 36.9 Å². The first-order chi connectivity index (χ1) is 9.97. The minimum absolute atomic E-state index is 0.303. The molecule has 2 N–H and O–H groups in total. The van der Waals surface area contributed by atoms with Crippen LogP contribution in [-0.4, -0.2) is 28.0 Å². The molecule has 3 rings (SSSR count). The molecule has 1 amide bonds. The van der Waals surface area contributed by atoms with Gasteiger partial charge in [0.1, 0.15) is 6.33 Å². The average Bonchev–Trinajstić information content (AvgIpc) is 2.69. The van der Waals surface area contributed by atoms with Crippen LogP contribution >= 0.6 is 0 Å². The molecule has 1 aromatic carbocycles. The molecule has 0 atom stereocenters. The van der Waals surface area contributed by atoms with Gasteiger partial charge in [-0.05, 0) is 37.0 Å². The van der Waals surface area contributed by atoms with Gasteiger partial charge in [0.05, 0.1) is 11.2 Å². The molecule has 0 radical (unpaired) electrons. The number of benzene rings is 1. The third-order valence-corrected chi connectivity index (χ3v) is 3.45. The van der Waals surface area contributed by atoms with Gasteiger partial charge in [-0.15, -0.1) is 0 Å². The smallest absolute Gasteiger partial charge is 0.423 e. The van der Waals surface area contributed by atoms with Crippen LogP contribution in [0, 0.1) is 0 Å². The summed E-state index contributed by atoms with van der Waals surface area (Å²) in [5, 5.41) is 12.7. The van der Waals surface area contributed by atoms with Gasteiger partial charge < -0.3 is 15.0 Å². The molecule has 1 aliphatic rings. The zero-order chi connectivity index (χ0) is 15.0. The molecule has 1 aromatic heterocycles. The van der Waals surface area contributed by atoms with E-state index in [1.54, 1.807) is 12.1 Å². The van der Waals surface area contributed by atoms with E-state index in [4.69, 9.17) is 4.65 Å². The highest BCUT2D eigenvalue weighted by molar-refractivity contribution is 6.62. The van der Waals surface area contributed by atoms with E-state index in [0.29, 0.717) is 16.7 Å². The Labute approximate surface area is 122 Å². The molecule has 0 spiro atoms. The lowest BCUT2D eigenvalue weighted by Crippen LogP contribution is -2.29. The van der Waals surface area contributed by atoms with Crippen molar-refractivity contribution in [3.63, 3.8) is 0 Å². The lowest BCUT2D eigenvalue weighted by molar-refractivity contribution is 0.100. The number of nitrogens with zero attached hydrogens (tertiary/aromatic N) is 2. The summed E-state index contributed by atoms with van der Waals surface area (Å²) in [7, 11) is -0.980. The maximum absolute atomic E-state index is 12.0. The van der Waals surface area contributed by atoms with Gasteiger partial charge in [-0.3, -0.25) is 4.79 Å². The SMILES string of the molecule is CC1(C)OB(O)c2cc(NC(=O)c3cncnc3)ccc21. The average molecular weight is 283 g/mol. The third kappa shape index (κ3) is 2.53. The molecule has 6 nitrogen and oxygen atoms in total. The van der Waals surface area contributed by atoms with Crippen LogP contribution in [0.1, 0.15) is 29.8 Å². The molecule has 1 aliphatic heterocycles. The number of carbonyl (C=O) groups excluding carboxylic acids is 1. The molecule has 0 aliphatic carbocycles. The first kappa shape index (κ1) is 13.7. The van der Waals surface area contributed by atoms with E-state index in [1.165, 1.54) is 18.7 Å². The molecule has 106 valence electrons. The standard InChI is InChI=1S/C14H14BN3O3/c1-14(2)11-4-3-10(5-12(11)15(20)21-14)18-13(19)9-6-16-8-17-7-9/h3-8,20H,1-2H3,(H,18,19). The Bertz CT molecular complexity index is 691. The van der Waals surface area contributed by atoms with Gasteiger partial charge in [0.25, 0.3) is 5.91 Å². The lowest BCUT2D eigenvalue weighted by atomic mass is 9.78. The molecule has 21 heavy (non-hydrogen) atoms. The van der Waals surface area contributed by atoms with Gasteiger partial charge in [0, 0.05) is 18.1 Å². The van der Waals surface area contributed by atoms with Gasteiger partial charge in [-0.2, -0.15) is 0 Å². The predicted octanol–water partition coefficient (Wildman–Crippen LogP) is 0.682. The highest BCUT2D eigenvalue weighted by Gasteiger charge is 2.40. The topological polar surface area (TPSA) is 84.3 Å². The molecule has 0 saturated carbocycles. The third-order valence-electron chi connectivity index (χ3n) is 3.45. The summed E-state index contributed by atoms with van der Waals surface area (Å²) in [6.45, 7) is 3.78. The van der Waals surface area contributed by atoms with Crippen molar-refractivity contribution in [2.45, 2.75) is 19.4 Å². The van der Waals surface area contributed by atoms with Crippen molar-refractivity contribution in [3.05, 3.63) is 48.0 Å². The van der Waals surface area contributed by atoms with E-state index in [0.717, 1.165) is 5.56 Å². The number of amides is 1. The van der Waals surface area contributed by atoms with Crippen molar-refractivity contribution in [3.8, 4) is 0 Å². The van der Waals surface area contributed by atoms with Crippen LogP contribution in [0.2, 0.25) is 0 Å². The Morgan fingerprint density at radius 2 is 2.05 bits per heavy atom. The number of nitrogens with one attached hydrogen (secondary N) is 1. The number of rotatable bonds is 2. The normalized spacial score (nSPS) is 15.7. The molecular formula is C14H14BN3O3. The summed E-state index contributed by atoms with van der Waals surface area (Å²) in [4.78, 5) is 19.6. The van der Waals surface area contributed by atoms with Gasteiger partial charge in [0.2, 0.25) is 0 Å². The molecule has 7 heteroatoms. The van der Waals surface area contributed by atoms with Crippen molar-refractivity contribution in [1.29, 1.82) is 0 Å². The van der Waals surface area contributed by atoms with E-state index in [9.17, 15) is 9.82 Å². The van der Waals surface area contributed by atoms with Crippen molar-refractivity contribution in [1.82, 2.24) is 9.97 Å². The monoisotopic (exact) mass is 283 g/mol. The first-order valence-electron chi connectivity index (χ1n) is 6.54. The van der Waals surface area contributed by atoms with Crippen LogP contribution in [0.3, 0.4) is 0 Å². The maximum Gasteiger partial charge on any atom is 0.492 e. The Balaban J connectivity index is 1.86. The summed E-state index contributed by atoms with van der Waals surface area (Å²) >= 11 is 0. The highest BCUT2D eigenvalue weighted by Crippen LogP contribution is 2.30. The zero-order valence-electron chi connectivity index (χ0n) is 11.7.